The number of alkyl halides is 3. The highest BCUT2D eigenvalue weighted by Gasteiger charge is 2.45. The predicted octanol–water partition coefficient (Wildman–Crippen LogP) is 5.65. The number of aromatic nitrogens is 2. The number of carbonyl (C=O) groups excluding carboxylic acids is 1. The van der Waals surface area contributed by atoms with Gasteiger partial charge >= 0.3 is 6.18 Å². The predicted molar refractivity (Wildman–Crippen MR) is 110 cm³/mol. The molecule has 1 amide bonds. The molecular formula is C23H22F3N3O2. The molecule has 0 aliphatic heterocycles. The molecule has 1 aromatic carbocycles. The molecule has 0 radical (unpaired) electrons. The molecule has 2 N–H and O–H groups in total. The minimum atomic E-state index is -4.42. The number of fused-ring (bicyclic) bond motifs is 1. The second kappa shape index (κ2) is 7.00. The number of rotatable bonds is 5. The maximum Gasteiger partial charge on any atom is 0.433 e. The van der Waals surface area contributed by atoms with Crippen LogP contribution in [0.25, 0.3) is 10.9 Å². The standard InChI is InChI=1S/C23H22F3N3O2/c1-22(6-7-22)21(30)29-19-12-27-18-4-3-15(10-17(18)19)31-16-8-14(9-16)13-2-5-20(28-11-13)23(24,25)26/h2-5,10-12,14,16,27H,6-9H2,1H3,(H,29,30). The number of carbonyl (C=O) groups is 1. The summed E-state index contributed by atoms with van der Waals surface area (Å²) in [4.78, 5) is 19.1. The van der Waals surface area contributed by atoms with Crippen molar-refractivity contribution in [3.8, 4) is 5.75 Å². The monoisotopic (exact) mass is 429 g/mol. The number of pyridine rings is 1. The largest absolute Gasteiger partial charge is 0.490 e. The highest BCUT2D eigenvalue weighted by molar-refractivity contribution is 6.04. The molecule has 0 atom stereocenters. The smallest absolute Gasteiger partial charge is 0.433 e. The summed E-state index contributed by atoms with van der Waals surface area (Å²) in [5.41, 5.74) is 1.31. The van der Waals surface area contributed by atoms with Crippen molar-refractivity contribution in [1.82, 2.24) is 9.97 Å². The molecule has 2 fully saturated rings. The Balaban J connectivity index is 1.22. The van der Waals surface area contributed by atoms with Gasteiger partial charge in [0.15, 0.2) is 0 Å². The van der Waals surface area contributed by atoms with E-state index in [2.05, 4.69) is 15.3 Å². The number of ether oxygens (including phenoxy) is 1. The van der Waals surface area contributed by atoms with Crippen molar-refractivity contribution in [2.75, 3.05) is 5.32 Å². The molecule has 5 nitrogen and oxygen atoms in total. The van der Waals surface area contributed by atoms with Gasteiger partial charge < -0.3 is 15.0 Å². The Morgan fingerprint density at radius 1 is 1.23 bits per heavy atom. The summed E-state index contributed by atoms with van der Waals surface area (Å²) in [5.74, 6) is 0.880. The van der Waals surface area contributed by atoms with Crippen molar-refractivity contribution in [3.63, 3.8) is 0 Å². The van der Waals surface area contributed by atoms with Gasteiger partial charge in [-0.1, -0.05) is 13.0 Å². The van der Waals surface area contributed by atoms with E-state index >= 15 is 0 Å². The van der Waals surface area contributed by atoms with Gasteiger partial charge in [0.2, 0.25) is 5.91 Å². The summed E-state index contributed by atoms with van der Waals surface area (Å²) in [5, 5.41) is 3.89. The minimum Gasteiger partial charge on any atom is -0.490 e. The quantitative estimate of drug-likeness (QED) is 0.551. The van der Waals surface area contributed by atoms with Gasteiger partial charge in [-0.2, -0.15) is 13.2 Å². The third-order valence-electron chi connectivity index (χ3n) is 6.40. The topological polar surface area (TPSA) is 67.0 Å². The maximum atomic E-state index is 12.7. The molecule has 162 valence electrons. The second-order valence-electron chi connectivity index (χ2n) is 8.81. The number of amides is 1. The third-order valence-corrected chi connectivity index (χ3v) is 6.40. The number of hydrogen-bond donors (Lipinski definition) is 2. The number of nitrogens with zero attached hydrogens (tertiary/aromatic N) is 1. The molecule has 31 heavy (non-hydrogen) atoms. The zero-order chi connectivity index (χ0) is 21.8. The first-order valence-electron chi connectivity index (χ1n) is 10.3. The number of H-pyrrole nitrogens is 1. The Kier molecular flexibility index (Phi) is 4.50. The Bertz CT molecular complexity index is 1130. The number of hydrogen-bond acceptors (Lipinski definition) is 3. The molecular weight excluding hydrogens is 407 g/mol. The van der Waals surface area contributed by atoms with Crippen LogP contribution in [0.15, 0.2) is 42.7 Å². The number of nitrogens with one attached hydrogen (secondary N) is 2. The molecule has 2 aromatic heterocycles. The molecule has 5 rings (SSSR count). The van der Waals surface area contributed by atoms with Crippen molar-refractivity contribution >= 4 is 22.5 Å². The molecule has 0 saturated heterocycles. The lowest BCUT2D eigenvalue weighted by atomic mass is 9.78. The fourth-order valence-corrected chi connectivity index (χ4v) is 3.91. The van der Waals surface area contributed by atoms with Crippen LogP contribution in [-0.2, 0) is 11.0 Å². The van der Waals surface area contributed by atoms with Crippen LogP contribution in [0.5, 0.6) is 5.75 Å². The highest BCUT2D eigenvalue weighted by Crippen LogP contribution is 2.46. The Morgan fingerprint density at radius 3 is 2.65 bits per heavy atom. The lowest BCUT2D eigenvalue weighted by Gasteiger charge is -2.35. The van der Waals surface area contributed by atoms with Crippen LogP contribution in [0.1, 0.15) is 49.8 Å². The zero-order valence-corrected chi connectivity index (χ0v) is 16.9. The van der Waals surface area contributed by atoms with Crippen LogP contribution in [0.4, 0.5) is 18.9 Å². The van der Waals surface area contributed by atoms with Crippen LogP contribution >= 0.6 is 0 Å². The number of halogens is 3. The van der Waals surface area contributed by atoms with Crippen LogP contribution in [-0.4, -0.2) is 22.0 Å². The van der Waals surface area contributed by atoms with E-state index in [4.69, 9.17) is 4.74 Å². The first-order chi connectivity index (χ1) is 14.7. The molecule has 3 aromatic rings. The van der Waals surface area contributed by atoms with E-state index in [9.17, 15) is 18.0 Å². The van der Waals surface area contributed by atoms with Crippen molar-refractivity contribution in [2.45, 2.75) is 50.8 Å². The fourth-order valence-electron chi connectivity index (χ4n) is 3.91. The molecule has 8 heteroatoms. The van der Waals surface area contributed by atoms with Crippen LogP contribution in [0, 0.1) is 5.41 Å². The molecule has 2 saturated carbocycles. The summed E-state index contributed by atoms with van der Waals surface area (Å²) < 4.78 is 44.1. The number of benzene rings is 1. The van der Waals surface area contributed by atoms with E-state index in [1.54, 1.807) is 6.20 Å². The molecule has 0 spiro atoms. The van der Waals surface area contributed by atoms with Gasteiger partial charge in [-0.25, -0.2) is 0 Å². The van der Waals surface area contributed by atoms with E-state index in [0.29, 0.717) is 5.75 Å². The summed E-state index contributed by atoms with van der Waals surface area (Å²) in [7, 11) is 0. The number of aromatic amines is 1. The van der Waals surface area contributed by atoms with Crippen LogP contribution < -0.4 is 10.1 Å². The van der Waals surface area contributed by atoms with E-state index in [1.165, 1.54) is 12.3 Å². The van der Waals surface area contributed by atoms with E-state index in [-0.39, 0.29) is 23.3 Å². The Labute approximate surface area is 177 Å². The minimum absolute atomic E-state index is 0.00731. The average molecular weight is 429 g/mol. The van der Waals surface area contributed by atoms with E-state index in [1.807, 2.05) is 25.1 Å². The van der Waals surface area contributed by atoms with Gasteiger partial charge in [-0.05, 0) is 61.4 Å². The van der Waals surface area contributed by atoms with Gasteiger partial charge in [-0.15, -0.1) is 0 Å². The SMILES string of the molecule is CC1(C(=O)Nc2c[nH]c3ccc(OC4CC(c5ccc(C(F)(F)F)nc5)C4)cc23)CC1. The summed E-state index contributed by atoms with van der Waals surface area (Å²) >= 11 is 0. The zero-order valence-electron chi connectivity index (χ0n) is 16.9. The van der Waals surface area contributed by atoms with Crippen molar-refractivity contribution in [1.29, 1.82) is 0 Å². The first kappa shape index (κ1) is 19.9. The van der Waals surface area contributed by atoms with Crippen molar-refractivity contribution in [2.24, 2.45) is 5.41 Å². The van der Waals surface area contributed by atoms with Crippen LogP contribution in [0.2, 0.25) is 0 Å². The van der Waals surface area contributed by atoms with Gasteiger partial charge in [-0.3, -0.25) is 9.78 Å². The Hall–Kier alpha value is -3.03. The van der Waals surface area contributed by atoms with Crippen LogP contribution in [0.3, 0.4) is 0 Å². The lowest BCUT2D eigenvalue weighted by Crippen LogP contribution is -2.32. The highest BCUT2D eigenvalue weighted by atomic mass is 19.4. The fraction of sp³-hybridized carbons (Fsp3) is 0.391. The van der Waals surface area contributed by atoms with Crippen molar-refractivity contribution in [3.05, 3.63) is 54.0 Å². The van der Waals surface area contributed by atoms with E-state index in [0.717, 1.165) is 53.9 Å². The lowest BCUT2D eigenvalue weighted by molar-refractivity contribution is -0.141. The van der Waals surface area contributed by atoms with Gasteiger partial charge in [0.05, 0.1) is 11.8 Å². The second-order valence-corrected chi connectivity index (χ2v) is 8.81. The van der Waals surface area contributed by atoms with Gasteiger partial charge in [0.25, 0.3) is 0 Å². The first-order valence-corrected chi connectivity index (χ1v) is 10.3. The summed E-state index contributed by atoms with van der Waals surface area (Å²) in [6, 6.07) is 8.22. The van der Waals surface area contributed by atoms with Gasteiger partial charge in [0.1, 0.15) is 11.4 Å². The molecule has 2 heterocycles. The summed E-state index contributed by atoms with van der Waals surface area (Å²) in [6.07, 6.45) is 1.93. The van der Waals surface area contributed by atoms with Gasteiger partial charge in [0, 0.05) is 28.7 Å². The van der Waals surface area contributed by atoms with E-state index < -0.39 is 11.9 Å². The molecule has 2 aliphatic carbocycles. The maximum absolute atomic E-state index is 12.7. The average Bonchev–Trinajstić information content (AvgIpc) is 3.34. The number of anilines is 1. The third kappa shape index (κ3) is 3.86. The van der Waals surface area contributed by atoms with Crippen molar-refractivity contribution < 1.29 is 22.7 Å². The Morgan fingerprint density at radius 2 is 2.00 bits per heavy atom. The molecule has 0 unspecified atom stereocenters. The normalized spacial score (nSPS) is 22.1. The molecule has 2 aliphatic rings. The summed E-state index contributed by atoms with van der Waals surface area (Å²) in [6.45, 7) is 1.96. The molecule has 0 bridgehead atoms.